The van der Waals surface area contributed by atoms with E-state index in [0.717, 1.165) is 11.5 Å². The topological polar surface area (TPSA) is 9.23 Å². The van der Waals surface area contributed by atoms with Crippen LogP contribution in [0.1, 0.15) is 0 Å². The maximum atomic E-state index is 5.76. The molecule has 3 aromatic rings. The van der Waals surface area contributed by atoms with Crippen molar-refractivity contribution < 1.29 is 4.74 Å². The minimum absolute atomic E-state index is 0.872. The Labute approximate surface area is 97.9 Å². The van der Waals surface area contributed by atoms with Crippen LogP contribution in [0.3, 0.4) is 0 Å². The SMILES string of the molecule is c1ccc(Oc2ccc3sccc3c2)cc1. The summed E-state index contributed by atoms with van der Waals surface area (Å²) in [6.07, 6.45) is 0. The minimum atomic E-state index is 0.872. The number of ether oxygens (including phenoxy) is 1. The van der Waals surface area contributed by atoms with Gasteiger partial charge in [-0.2, -0.15) is 0 Å². The third kappa shape index (κ3) is 1.79. The molecule has 0 amide bonds. The Bertz CT molecular complexity index is 598. The molecule has 0 aliphatic heterocycles. The third-order valence-corrected chi connectivity index (χ3v) is 3.30. The first-order chi connectivity index (χ1) is 7.92. The van der Waals surface area contributed by atoms with Gasteiger partial charge in [-0.1, -0.05) is 18.2 Å². The summed E-state index contributed by atoms with van der Waals surface area (Å²) in [6, 6.07) is 18.1. The molecule has 16 heavy (non-hydrogen) atoms. The van der Waals surface area contributed by atoms with Crippen molar-refractivity contribution in [3.63, 3.8) is 0 Å². The molecule has 3 rings (SSSR count). The Balaban J connectivity index is 1.94. The van der Waals surface area contributed by atoms with E-state index in [0.29, 0.717) is 0 Å². The van der Waals surface area contributed by atoms with E-state index < -0.39 is 0 Å². The molecule has 0 fully saturated rings. The number of para-hydroxylation sites is 1. The lowest BCUT2D eigenvalue weighted by Crippen LogP contribution is -1.82. The fraction of sp³-hybridized carbons (Fsp3) is 0. The van der Waals surface area contributed by atoms with Crippen molar-refractivity contribution >= 4 is 21.4 Å². The fourth-order valence-electron chi connectivity index (χ4n) is 1.63. The largest absolute Gasteiger partial charge is 0.457 e. The molecule has 1 nitrogen and oxygen atoms in total. The zero-order valence-electron chi connectivity index (χ0n) is 8.59. The molecule has 0 saturated heterocycles. The van der Waals surface area contributed by atoms with Crippen molar-refractivity contribution in [2.24, 2.45) is 0 Å². The highest BCUT2D eigenvalue weighted by Crippen LogP contribution is 2.28. The third-order valence-electron chi connectivity index (χ3n) is 2.40. The van der Waals surface area contributed by atoms with Crippen molar-refractivity contribution in [3.05, 3.63) is 60.0 Å². The predicted molar refractivity (Wildman–Crippen MR) is 68.3 cm³/mol. The molecule has 0 bridgehead atoms. The number of hydrogen-bond acceptors (Lipinski definition) is 2. The van der Waals surface area contributed by atoms with Crippen LogP contribution in [0, 0.1) is 0 Å². The van der Waals surface area contributed by atoms with Crippen LogP contribution >= 0.6 is 11.3 Å². The highest BCUT2D eigenvalue weighted by molar-refractivity contribution is 7.17. The summed E-state index contributed by atoms with van der Waals surface area (Å²) in [6.45, 7) is 0. The van der Waals surface area contributed by atoms with Crippen molar-refractivity contribution in [1.82, 2.24) is 0 Å². The van der Waals surface area contributed by atoms with E-state index in [9.17, 15) is 0 Å². The van der Waals surface area contributed by atoms with Crippen molar-refractivity contribution in [2.75, 3.05) is 0 Å². The van der Waals surface area contributed by atoms with E-state index in [-0.39, 0.29) is 0 Å². The molecule has 0 atom stereocenters. The first-order valence-electron chi connectivity index (χ1n) is 5.12. The second-order valence-electron chi connectivity index (χ2n) is 3.54. The van der Waals surface area contributed by atoms with Gasteiger partial charge in [-0.05, 0) is 47.2 Å². The van der Waals surface area contributed by atoms with E-state index in [4.69, 9.17) is 4.74 Å². The molecular formula is C14H10OS. The Morgan fingerprint density at radius 3 is 2.56 bits per heavy atom. The van der Waals surface area contributed by atoms with E-state index in [1.165, 1.54) is 10.1 Å². The molecule has 0 aliphatic rings. The Hall–Kier alpha value is -1.80. The highest BCUT2D eigenvalue weighted by atomic mass is 32.1. The number of fused-ring (bicyclic) bond motifs is 1. The van der Waals surface area contributed by atoms with Gasteiger partial charge in [-0.15, -0.1) is 11.3 Å². The highest BCUT2D eigenvalue weighted by Gasteiger charge is 1.99. The van der Waals surface area contributed by atoms with Crippen LogP contribution in [0.15, 0.2) is 60.0 Å². The van der Waals surface area contributed by atoms with E-state index in [2.05, 4.69) is 23.6 Å². The van der Waals surface area contributed by atoms with Gasteiger partial charge in [0.25, 0.3) is 0 Å². The van der Waals surface area contributed by atoms with Crippen molar-refractivity contribution in [2.45, 2.75) is 0 Å². The maximum Gasteiger partial charge on any atom is 0.128 e. The average Bonchev–Trinajstić information content (AvgIpc) is 2.77. The first kappa shape index (κ1) is 9.43. The Kier molecular flexibility index (Phi) is 2.35. The van der Waals surface area contributed by atoms with Crippen LogP contribution in [-0.2, 0) is 0 Å². The number of hydrogen-bond donors (Lipinski definition) is 0. The van der Waals surface area contributed by atoms with Crippen molar-refractivity contribution in [1.29, 1.82) is 0 Å². The van der Waals surface area contributed by atoms with Gasteiger partial charge in [0, 0.05) is 4.70 Å². The number of benzene rings is 2. The van der Waals surface area contributed by atoms with Crippen LogP contribution < -0.4 is 4.74 Å². The molecule has 0 N–H and O–H groups in total. The molecule has 1 heterocycles. The van der Waals surface area contributed by atoms with E-state index >= 15 is 0 Å². The lowest BCUT2D eigenvalue weighted by atomic mass is 10.2. The Morgan fingerprint density at radius 1 is 0.812 bits per heavy atom. The monoisotopic (exact) mass is 226 g/mol. The van der Waals surface area contributed by atoms with Crippen LogP contribution in [0.5, 0.6) is 11.5 Å². The number of thiophene rings is 1. The van der Waals surface area contributed by atoms with Gasteiger partial charge in [0.15, 0.2) is 0 Å². The smallest absolute Gasteiger partial charge is 0.128 e. The molecule has 1 aromatic heterocycles. The normalized spacial score (nSPS) is 10.5. The standard InChI is InChI=1S/C14H10OS/c1-2-4-12(5-3-1)15-13-6-7-14-11(10-13)8-9-16-14/h1-10H. The lowest BCUT2D eigenvalue weighted by molar-refractivity contribution is 0.483. The molecule has 78 valence electrons. The van der Waals surface area contributed by atoms with Gasteiger partial charge in [0.1, 0.15) is 11.5 Å². The molecule has 0 unspecified atom stereocenters. The average molecular weight is 226 g/mol. The fourth-order valence-corrected chi connectivity index (χ4v) is 2.40. The zero-order valence-corrected chi connectivity index (χ0v) is 9.41. The van der Waals surface area contributed by atoms with Crippen LogP contribution in [-0.4, -0.2) is 0 Å². The molecule has 2 aromatic carbocycles. The Morgan fingerprint density at radius 2 is 1.69 bits per heavy atom. The summed E-state index contributed by atoms with van der Waals surface area (Å²) in [4.78, 5) is 0. The first-order valence-corrected chi connectivity index (χ1v) is 6.00. The maximum absolute atomic E-state index is 5.76. The summed E-state index contributed by atoms with van der Waals surface area (Å²) in [7, 11) is 0. The summed E-state index contributed by atoms with van der Waals surface area (Å²) in [5, 5.41) is 3.33. The van der Waals surface area contributed by atoms with Crippen molar-refractivity contribution in [3.8, 4) is 11.5 Å². The molecule has 0 radical (unpaired) electrons. The van der Waals surface area contributed by atoms with Crippen LogP contribution in [0.2, 0.25) is 0 Å². The molecule has 0 saturated carbocycles. The van der Waals surface area contributed by atoms with Gasteiger partial charge in [0.05, 0.1) is 0 Å². The lowest BCUT2D eigenvalue weighted by Gasteiger charge is -2.04. The van der Waals surface area contributed by atoms with Gasteiger partial charge >= 0.3 is 0 Å². The van der Waals surface area contributed by atoms with Gasteiger partial charge in [-0.3, -0.25) is 0 Å². The van der Waals surface area contributed by atoms with Gasteiger partial charge < -0.3 is 4.74 Å². The summed E-state index contributed by atoms with van der Waals surface area (Å²) in [5.41, 5.74) is 0. The van der Waals surface area contributed by atoms with E-state index in [1.807, 2.05) is 36.4 Å². The second kappa shape index (κ2) is 3.99. The molecular weight excluding hydrogens is 216 g/mol. The zero-order chi connectivity index (χ0) is 10.8. The summed E-state index contributed by atoms with van der Waals surface area (Å²) < 4.78 is 7.05. The van der Waals surface area contributed by atoms with Gasteiger partial charge in [0.2, 0.25) is 0 Å². The summed E-state index contributed by atoms with van der Waals surface area (Å²) >= 11 is 1.75. The van der Waals surface area contributed by atoms with Crippen LogP contribution in [0.25, 0.3) is 10.1 Å². The van der Waals surface area contributed by atoms with Gasteiger partial charge in [-0.25, -0.2) is 0 Å². The summed E-state index contributed by atoms with van der Waals surface area (Å²) in [5.74, 6) is 1.76. The molecule has 0 aliphatic carbocycles. The quantitative estimate of drug-likeness (QED) is 0.615. The van der Waals surface area contributed by atoms with E-state index in [1.54, 1.807) is 11.3 Å². The number of rotatable bonds is 2. The second-order valence-corrected chi connectivity index (χ2v) is 4.48. The minimum Gasteiger partial charge on any atom is -0.457 e. The molecule has 0 spiro atoms. The predicted octanol–water partition coefficient (Wildman–Crippen LogP) is 4.69. The van der Waals surface area contributed by atoms with Crippen LogP contribution in [0.4, 0.5) is 0 Å². The molecule has 2 heteroatoms.